The number of nitrogens with one attached hydrogen (secondary N) is 1. The molecule has 0 rings (SSSR count). The molecule has 1 nitrogen and oxygen atoms in total. The van der Waals surface area contributed by atoms with Crippen LogP contribution < -0.4 is 5.32 Å². The molecule has 0 saturated heterocycles. The van der Waals surface area contributed by atoms with E-state index in [0.29, 0.717) is 23.9 Å². The number of rotatable bonds is 6. The summed E-state index contributed by atoms with van der Waals surface area (Å²) >= 11 is 0. The molecule has 14 heavy (non-hydrogen) atoms. The molecule has 0 aromatic carbocycles. The Kier molecular flexibility index (Phi) is 6.10. The molecule has 84 valence electrons. The fourth-order valence-electron chi connectivity index (χ4n) is 1.43. The van der Waals surface area contributed by atoms with Gasteiger partial charge in [0.15, 0.2) is 0 Å². The van der Waals surface area contributed by atoms with Crippen LogP contribution in [0.1, 0.15) is 48.0 Å². The van der Waals surface area contributed by atoms with Gasteiger partial charge in [-0.3, -0.25) is 0 Å². The third-order valence-corrected chi connectivity index (χ3v) is 2.65. The van der Waals surface area contributed by atoms with Crippen LogP contribution in [0.3, 0.4) is 0 Å². The van der Waals surface area contributed by atoms with Crippen molar-refractivity contribution >= 4 is 0 Å². The molecule has 0 aliphatic rings. The van der Waals surface area contributed by atoms with Crippen LogP contribution in [0.2, 0.25) is 0 Å². The van der Waals surface area contributed by atoms with Gasteiger partial charge < -0.3 is 5.32 Å². The fourth-order valence-corrected chi connectivity index (χ4v) is 1.43. The average Bonchev–Trinajstić information content (AvgIpc) is 2.01. The minimum atomic E-state index is 0.558. The SMILES string of the molecule is C=C(CC(NC(C)C)C(C)C)C(C)C. The van der Waals surface area contributed by atoms with Crippen molar-refractivity contribution < 1.29 is 0 Å². The van der Waals surface area contributed by atoms with Crippen LogP contribution in [0.5, 0.6) is 0 Å². The van der Waals surface area contributed by atoms with E-state index >= 15 is 0 Å². The number of hydrogen-bond donors (Lipinski definition) is 1. The van der Waals surface area contributed by atoms with Crippen molar-refractivity contribution in [3.05, 3.63) is 12.2 Å². The van der Waals surface area contributed by atoms with Gasteiger partial charge in [0.2, 0.25) is 0 Å². The molecule has 0 fully saturated rings. The van der Waals surface area contributed by atoms with Gasteiger partial charge in [-0.1, -0.05) is 53.7 Å². The topological polar surface area (TPSA) is 12.0 Å². The van der Waals surface area contributed by atoms with Gasteiger partial charge in [0.1, 0.15) is 0 Å². The van der Waals surface area contributed by atoms with Gasteiger partial charge in [0, 0.05) is 12.1 Å². The van der Waals surface area contributed by atoms with Gasteiger partial charge in [-0.2, -0.15) is 0 Å². The van der Waals surface area contributed by atoms with E-state index in [0.717, 1.165) is 6.42 Å². The molecule has 0 bridgehead atoms. The van der Waals surface area contributed by atoms with E-state index in [1.807, 2.05) is 0 Å². The Balaban J connectivity index is 4.16. The zero-order chi connectivity index (χ0) is 11.3. The van der Waals surface area contributed by atoms with Crippen LogP contribution in [-0.2, 0) is 0 Å². The second-order valence-corrected chi connectivity index (χ2v) is 5.19. The molecular weight excluding hydrogens is 170 g/mol. The molecule has 0 saturated carbocycles. The Morgan fingerprint density at radius 1 is 1.07 bits per heavy atom. The minimum absolute atomic E-state index is 0.558. The standard InChI is InChI=1S/C13H27N/c1-9(2)12(7)8-13(10(3)4)14-11(5)6/h9-11,13-14H,7-8H2,1-6H3. The van der Waals surface area contributed by atoms with Gasteiger partial charge in [-0.25, -0.2) is 0 Å². The van der Waals surface area contributed by atoms with Gasteiger partial charge in [0.05, 0.1) is 0 Å². The first kappa shape index (κ1) is 13.7. The Bertz CT molecular complexity index is 168. The van der Waals surface area contributed by atoms with Crippen LogP contribution in [0.15, 0.2) is 12.2 Å². The lowest BCUT2D eigenvalue weighted by atomic mass is 9.91. The largest absolute Gasteiger partial charge is 0.311 e. The van der Waals surface area contributed by atoms with Crippen LogP contribution >= 0.6 is 0 Å². The Labute approximate surface area is 90.0 Å². The summed E-state index contributed by atoms with van der Waals surface area (Å²) in [5.74, 6) is 1.28. The zero-order valence-electron chi connectivity index (χ0n) is 10.7. The monoisotopic (exact) mass is 197 g/mol. The maximum absolute atomic E-state index is 4.14. The van der Waals surface area contributed by atoms with Crippen molar-refractivity contribution in [2.75, 3.05) is 0 Å². The maximum atomic E-state index is 4.14. The summed E-state index contributed by atoms with van der Waals surface area (Å²) in [4.78, 5) is 0. The van der Waals surface area contributed by atoms with Crippen molar-refractivity contribution in [3.8, 4) is 0 Å². The van der Waals surface area contributed by atoms with E-state index in [4.69, 9.17) is 0 Å². The lowest BCUT2D eigenvalue weighted by Crippen LogP contribution is -2.39. The van der Waals surface area contributed by atoms with Crippen molar-refractivity contribution in [1.82, 2.24) is 5.32 Å². The first-order chi connectivity index (χ1) is 6.34. The smallest absolute Gasteiger partial charge is 0.0130 e. The summed E-state index contributed by atoms with van der Waals surface area (Å²) in [6.07, 6.45) is 1.10. The molecule has 0 heterocycles. The summed E-state index contributed by atoms with van der Waals surface area (Å²) < 4.78 is 0. The fraction of sp³-hybridized carbons (Fsp3) is 0.846. The third-order valence-electron chi connectivity index (χ3n) is 2.65. The van der Waals surface area contributed by atoms with Gasteiger partial charge in [0.25, 0.3) is 0 Å². The van der Waals surface area contributed by atoms with Crippen LogP contribution in [0.25, 0.3) is 0 Å². The van der Waals surface area contributed by atoms with Crippen LogP contribution in [0.4, 0.5) is 0 Å². The molecule has 0 aliphatic heterocycles. The van der Waals surface area contributed by atoms with Crippen molar-refractivity contribution in [2.24, 2.45) is 11.8 Å². The Morgan fingerprint density at radius 3 is 1.86 bits per heavy atom. The Morgan fingerprint density at radius 2 is 1.57 bits per heavy atom. The third kappa shape index (κ3) is 5.43. The van der Waals surface area contributed by atoms with E-state index in [1.54, 1.807) is 0 Å². The van der Waals surface area contributed by atoms with E-state index in [2.05, 4.69) is 53.4 Å². The first-order valence-corrected chi connectivity index (χ1v) is 5.78. The van der Waals surface area contributed by atoms with Crippen molar-refractivity contribution in [2.45, 2.75) is 60.0 Å². The summed E-state index contributed by atoms with van der Waals surface area (Å²) in [6.45, 7) is 17.5. The number of hydrogen-bond acceptors (Lipinski definition) is 1. The highest BCUT2D eigenvalue weighted by molar-refractivity contribution is 5.01. The average molecular weight is 197 g/mol. The van der Waals surface area contributed by atoms with Gasteiger partial charge >= 0.3 is 0 Å². The normalized spacial score (nSPS) is 14.1. The van der Waals surface area contributed by atoms with Crippen molar-refractivity contribution in [3.63, 3.8) is 0 Å². The second-order valence-electron chi connectivity index (χ2n) is 5.19. The summed E-state index contributed by atoms with van der Waals surface area (Å²) in [6, 6.07) is 1.13. The highest BCUT2D eigenvalue weighted by Gasteiger charge is 2.16. The molecular formula is C13H27N. The summed E-state index contributed by atoms with van der Waals surface area (Å²) in [5, 5.41) is 3.60. The highest BCUT2D eigenvalue weighted by Crippen LogP contribution is 2.18. The minimum Gasteiger partial charge on any atom is -0.311 e. The van der Waals surface area contributed by atoms with Crippen molar-refractivity contribution in [1.29, 1.82) is 0 Å². The van der Waals surface area contributed by atoms with E-state index in [1.165, 1.54) is 5.57 Å². The van der Waals surface area contributed by atoms with Gasteiger partial charge in [-0.05, 0) is 18.3 Å². The highest BCUT2D eigenvalue weighted by atomic mass is 14.9. The summed E-state index contributed by atoms with van der Waals surface area (Å²) in [5.41, 5.74) is 1.36. The molecule has 0 aromatic heterocycles. The summed E-state index contributed by atoms with van der Waals surface area (Å²) in [7, 11) is 0. The molecule has 0 radical (unpaired) electrons. The zero-order valence-corrected chi connectivity index (χ0v) is 10.7. The van der Waals surface area contributed by atoms with Crippen LogP contribution in [-0.4, -0.2) is 12.1 Å². The Hall–Kier alpha value is -0.300. The van der Waals surface area contributed by atoms with E-state index < -0.39 is 0 Å². The lowest BCUT2D eigenvalue weighted by molar-refractivity contribution is 0.361. The van der Waals surface area contributed by atoms with Gasteiger partial charge in [-0.15, -0.1) is 0 Å². The molecule has 1 N–H and O–H groups in total. The predicted octanol–water partition coefficient (Wildman–Crippen LogP) is 3.61. The molecule has 0 aromatic rings. The van der Waals surface area contributed by atoms with E-state index in [-0.39, 0.29) is 0 Å². The maximum Gasteiger partial charge on any atom is 0.0130 e. The predicted molar refractivity (Wildman–Crippen MR) is 65.5 cm³/mol. The van der Waals surface area contributed by atoms with E-state index in [9.17, 15) is 0 Å². The first-order valence-electron chi connectivity index (χ1n) is 5.78. The molecule has 0 spiro atoms. The molecule has 0 amide bonds. The molecule has 1 heteroatoms. The van der Waals surface area contributed by atoms with Crippen LogP contribution in [0, 0.1) is 11.8 Å². The molecule has 0 aliphatic carbocycles. The second kappa shape index (κ2) is 6.23. The molecule has 1 atom stereocenters. The molecule has 1 unspecified atom stereocenters. The lowest BCUT2D eigenvalue weighted by Gasteiger charge is -2.26. The quantitative estimate of drug-likeness (QED) is 0.641.